The molecule has 1 aromatic carbocycles. The summed E-state index contributed by atoms with van der Waals surface area (Å²) in [5.74, 6) is 3.03. The number of thioether (sulfide) groups is 1. The van der Waals surface area contributed by atoms with Crippen LogP contribution in [0, 0.1) is 0 Å². The van der Waals surface area contributed by atoms with E-state index < -0.39 is 0 Å². The van der Waals surface area contributed by atoms with Gasteiger partial charge in [-0.25, -0.2) is 4.98 Å². The molecular weight excluding hydrogens is 408 g/mol. The average Bonchev–Trinajstić information content (AvgIpc) is 3.50. The van der Waals surface area contributed by atoms with E-state index in [4.69, 9.17) is 18.9 Å². The second-order valence-corrected chi connectivity index (χ2v) is 7.85. The Labute approximate surface area is 176 Å². The van der Waals surface area contributed by atoms with E-state index in [-0.39, 0.29) is 0 Å². The number of nitrogens with zero attached hydrogens (tertiary/aromatic N) is 4. The van der Waals surface area contributed by atoms with Gasteiger partial charge >= 0.3 is 0 Å². The van der Waals surface area contributed by atoms with E-state index in [9.17, 15) is 0 Å². The van der Waals surface area contributed by atoms with Crippen molar-refractivity contribution in [1.29, 1.82) is 0 Å². The zero-order chi connectivity index (χ0) is 20.1. The summed E-state index contributed by atoms with van der Waals surface area (Å²) in [6, 6.07) is 9.69. The van der Waals surface area contributed by atoms with E-state index in [0.29, 0.717) is 24.7 Å². The normalized spacial score (nSPS) is 11.0. The molecule has 0 fully saturated rings. The third kappa shape index (κ3) is 4.63. The first-order chi connectivity index (χ1) is 14.3. The minimum atomic E-state index is 0.596. The van der Waals surface area contributed by atoms with Gasteiger partial charge in [0.15, 0.2) is 16.7 Å². The fourth-order valence-corrected chi connectivity index (χ4v) is 4.48. The number of hydrogen-bond donors (Lipinski definition) is 0. The van der Waals surface area contributed by atoms with Crippen molar-refractivity contribution in [2.24, 2.45) is 0 Å². The number of thiazole rings is 1. The number of methoxy groups -OCH3 is 1. The Kier molecular flexibility index (Phi) is 6.16. The van der Waals surface area contributed by atoms with E-state index in [1.54, 1.807) is 42.8 Å². The molecule has 0 bridgehead atoms. The van der Waals surface area contributed by atoms with Gasteiger partial charge in [-0.15, -0.1) is 21.5 Å². The molecule has 0 saturated carbocycles. The molecule has 3 heterocycles. The molecule has 0 saturated heterocycles. The molecule has 29 heavy (non-hydrogen) atoms. The van der Waals surface area contributed by atoms with Crippen molar-refractivity contribution in [2.45, 2.75) is 24.4 Å². The van der Waals surface area contributed by atoms with Crippen LogP contribution in [-0.4, -0.2) is 33.5 Å². The maximum Gasteiger partial charge on any atom is 0.191 e. The molecule has 0 aliphatic carbocycles. The number of ether oxygens (including phenoxy) is 2. The first-order valence-corrected chi connectivity index (χ1v) is 10.9. The first-order valence-electron chi connectivity index (χ1n) is 9.05. The summed E-state index contributed by atoms with van der Waals surface area (Å²) >= 11 is 3.21. The predicted molar refractivity (Wildman–Crippen MR) is 113 cm³/mol. The van der Waals surface area contributed by atoms with Crippen molar-refractivity contribution >= 4 is 23.1 Å². The van der Waals surface area contributed by atoms with Crippen LogP contribution >= 0.6 is 23.1 Å². The van der Waals surface area contributed by atoms with Crippen LogP contribution in [0.1, 0.15) is 18.4 Å². The molecule has 0 spiro atoms. The van der Waals surface area contributed by atoms with Crippen molar-refractivity contribution in [3.05, 3.63) is 59.8 Å². The van der Waals surface area contributed by atoms with Crippen LogP contribution in [0.3, 0.4) is 0 Å². The molecule has 0 atom stereocenters. The lowest BCUT2D eigenvalue weighted by atomic mass is 10.2. The van der Waals surface area contributed by atoms with Crippen LogP contribution in [0.2, 0.25) is 0 Å². The molecule has 0 radical (unpaired) electrons. The van der Waals surface area contributed by atoms with Crippen LogP contribution in [-0.2, 0) is 12.3 Å². The van der Waals surface area contributed by atoms with E-state index in [2.05, 4.69) is 15.6 Å². The molecule has 9 heteroatoms. The van der Waals surface area contributed by atoms with Gasteiger partial charge in [0.25, 0.3) is 0 Å². The molecule has 0 unspecified atom stereocenters. The summed E-state index contributed by atoms with van der Waals surface area (Å²) in [5.41, 5.74) is 2.00. The molecule has 150 valence electrons. The second kappa shape index (κ2) is 9.15. The average molecular weight is 429 g/mol. The SMILES string of the molecule is CCOc1ccc(-c2nc(CSc3nncn3Cc3ccco3)cs2)cc1OC. The smallest absolute Gasteiger partial charge is 0.191 e. The van der Waals surface area contributed by atoms with Crippen molar-refractivity contribution in [3.63, 3.8) is 0 Å². The number of hydrogen-bond acceptors (Lipinski definition) is 8. The van der Waals surface area contributed by atoms with E-state index >= 15 is 0 Å². The lowest BCUT2D eigenvalue weighted by Crippen LogP contribution is -1.99. The van der Waals surface area contributed by atoms with Crippen LogP contribution in [0.25, 0.3) is 10.6 Å². The Balaban J connectivity index is 1.43. The Morgan fingerprint density at radius 1 is 1.24 bits per heavy atom. The molecule has 4 rings (SSSR count). The van der Waals surface area contributed by atoms with Gasteiger partial charge in [0.1, 0.15) is 17.1 Å². The van der Waals surface area contributed by atoms with Gasteiger partial charge in [0.05, 0.1) is 32.2 Å². The monoisotopic (exact) mass is 428 g/mol. The van der Waals surface area contributed by atoms with Crippen molar-refractivity contribution in [1.82, 2.24) is 19.7 Å². The minimum absolute atomic E-state index is 0.596. The standard InChI is InChI=1S/C20H20N4O3S2/c1-3-26-17-7-6-14(9-18(17)25-2)19-22-15(11-28-19)12-29-20-23-21-13-24(20)10-16-5-4-8-27-16/h4-9,11,13H,3,10,12H2,1-2H3. The zero-order valence-corrected chi connectivity index (χ0v) is 17.7. The summed E-state index contributed by atoms with van der Waals surface area (Å²) in [4.78, 5) is 4.76. The van der Waals surface area contributed by atoms with Crippen LogP contribution in [0.4, 0.5) is 0 Å². The molecule has 4 aromatic rings. The van der Waals surface area contributed by atoms with Gasteiger partial charge in [0, 0.05) is 16.7 Å². The number of aromatic nitrogens is 4. The van der Waals surface area contributed by atoms with Crippen LogP contribution in [0.5, 0.6) is 11.5 Å². The van der Waals surface area contributed by atoms with Gasteiger partial charge < -0.3 is 18.5 Å². The largest absolute Gasteiger partial charge is 0.493 e. The highest BCUT2D eigenvalue weighted by Gasteiger charge is 2.12. The number of benzene rings is 1. The molecule has 7 nitrogen and oxygen atoms in total. The van der Waals surface area contributed by atoms with Gasteiger partial charge in [-0.05, 0) is 37.3 Å². The molecule has 0 aliphatic rings. The van der Waals surface area contributed by atoms with E-state index in [1.165, 1.54) is 0 Å². The Morgan fingerprint density at radius 3 is 2.97 bits per heavy atom. The molecule has 3 aromatic heterocycles. The topological polar surface area (TPSA) is 75.2 Å². The maximum atomic E-state index is 5.59. The molecule has 0 amide bonds. The number of rotatable bonds is 9. The summed E-state index contributed by atoms with van der Waals surface area (Å²) in [7, 11) is 1.64. The van der Waals surface area contributed by atoms with Gasteiger partial charge in [-0.2, -0.15) is 0 Å². The Bertz CT molecular complexity index is 1060. The molecule has 0 aliphatic heterocycles. The minimum Gasteiger partial charge on any atom is -0.493 e. The van der Waals surface area contributed by atoms with Crippen molar-refractivity contribution < 1.29 is 13.9 Å². The maximum absolute atomic E-state index is 5.59. The van der Waals surface area contributed by atoms with Crippen LogP contribution in [0.15, 0.2) is 57.9 Å². The summed E-state index contributed by atoms with van der Waals surface area (Å²) in [5, 5.41) is 12.1. The first kappa shape index (κ1) is 19.5. The summed E-state index contributed by atoms with van der Waals surface area (Å²) in [6.07, 6.45) is 3.38. The highest BCUT2D eigenvalue weighted by Crippen LogP contribution is 2.34. The fourth-order valence-electron chi connectivity index (χ4n) is 2.75. The summed E-state index contributed by atoms with van der Waals surface area (Å²) < 4.78 is 18.4. The quantitative estimate of drug-likeness (QED) is 0.356. The van der Waals surface area contributed by atoms with E-state index in [1.807, 2.05) is 41.8 Å². The lowest BCUT2D eigenvalue weighted by Gasteiger charge is -2.09. The second-order valence-electron chi connectivity index (χ2n) is 6.05. The Morgan fingerprint density at radius 2 is 2.17 bits per heavy atom. The third-order valence-electron chi connectivity index (χ3n) is 4.10. The number of furan rings is 1. The molecular formula is C20H20N4O3S2. The van der Waals surface area contributed by atoms with Gasteiger partial charge in [0.2, 0.25) is 0 Å². The highest BCUT2D eigenvalue weighted by atomic mass is 32.2. The van der Waals surface area contributed by atoms with Crippen molar-refractivity contribution in [3.8, 4) is 22.1 Å². The third-order valence-corrected chi connectivity index (χ3v) is 6.05. The Hall–Kier alpha value is -2.78. The fraction of sp³-hybridized carbons (Fsp3) is 0.250. The summed E-state index contributed by atoms with van der Waals surface area (Å²) in [6.45, 7) is 3.16. The van der Waals surface area contributed by atoms with Gasteiger partial charge in [-0.1, -0.05) is 11.8 Å². The molecule has 0 N–H and O–H groups in total. The highest BCUT2D eigenvalue weighted by molar-refractivity contribution is 7.98. The van der Waals surface area contributed by atoms with Crippen molar-refractivity contribution in [2.75, 3.05) is 13.7 Å². The van der Waals surface area contributed by atoms with E-state index in [0.717, 1.165) is 32.9 Å². The zero-order valence-electron chi connectivity index (χ0n) is 16.1. The predicted octanol–water partition coefficient (Wildman–Crippen LogP) is 4.74. The van der Waals surface area contributed by atoms with Gasteiger partial charge in [-0.3, -0.25) is 0 Å². The van der Waals surface area contributed by atoms with Crippen LogP contribution < -0.4 is 9.47 Å². The lowest BCUT2D eigenvalue weighted by molar-refractivity contribution is 0.311.